The minimum absolute atomic E-state index is 0.0350. The predicted molar refractivity (Wildman–Crippen MR) is 147 cm³/mol. The molecule has 0 bridgehead atoms. The second kappa shape index (κ2) is 9.63. The SMILES string of the molecule is CC1(C)CC(=O)C2=C(C1)Nc1ccccc1N(CC(=O)NC1Cc3ccccc3C1)C2c1cc(F)cc(F)c1. The van der Waals surface area contributed by atoms with E-state index in [9.17, 15) is 18.4 Å². The number of Topliss-reactive ketones (excluding diaryl/α,β-unsaturated/α-hetero) is 1. The Morgan fingerprint density at radius 2 is 1.62 bits per heavy atom. The summed E-state index contributed by atoms with van der Waals surface area (Å²) in [6.07, 6.45) is 2.40. The van der Waals surface area contributed by atoms with Crippen molar-refractivity contribution < 1.29 is 18.4 Å². The summed E-state index contributed by atoms with van der Waals surface area (Å²) < 4.78 is 29.1. The van der Waals surface area contributed by atoms with Gasteiger partial charge in [-0.25, -0.2) is 8.78 Å². The van der Waals surface area contributed by atoms with Gasteiger partial charge < -0.3 is 15.5 Å². The maximum absolute atomic E-state index is 14.6. The number of nitrogens with zero attached hydrogens (tertiary/aromatic N) is 1. The largest absolute Gasteiger partial charge is 0.357 e. The second-order valence-corrected chi connectivity index (χ2v) is 11.6. The summed E-state index contributed by atoms with van der Waals surface area (Å²) in [5, 5.41) is 6.63. The third kappa shape index (κ3) is 4.93. The van der Waals surface area contributed by atoms with E-state index in [-0.39, 0.29) is 29.7 Å². The first kappa shape index (κ1) is 25.3. The number of benzene rings is 3. The fourth-order valence-corrected chi connectivity index (χ4v) is 6.40. The van der Waals surface area contributed by atoms with Gasteiger partial charge in [0, 0.05) is 29.8 Å². The fourth-order valence-electron chi connectivity index (χ4n) is 6.40. The number of carbonyl (C=O) groups is 2. The van der Waals surface area contributed by atoms with Crippen molar-refractivity contribution in [2.45, 2.75) is 51.6 Å². The Hall–Kier alpha value is -4.00. The summed E-state index contributed by atoms with van der Waals surface area (Å²) in [6, 6.07) is 18.2. The molecule has 0 saturated heterocycles. The molecule has 2 aliphatic carbocycles. The van der Waals surface area contributed by atoms with Gasteiger partial charge in [-0.05, 0) is 65.6 Å². The Morgan fingerprint density at radius 1 is 0.974 bits per heavy atom. The summed E-state index contributed by atoms with van der Waals surface area (Å²) in [5.41, 5.74) is 5.10. The van der Waals surface area contributed by atoms with Crippen LogP contribution in [0, 0.1) is 17.0 Å². The Kier molecular flexibility index (Phi) is 6.25. The third-order valence-corrected chi connectivity index (χ3v) is 7.93. The first-order valence-electron chi connectivity index (χ1n) is 13.4. The van der Waals surface area contributed by atoms with E-state index >= 15 is 0 Å². The number of carbonyl (C=O) groups excluding carboxylic acids is 2. The average molecular weight is 528 g/mol. The van der Waals surface area contributed by atoms with Crippen molar-refractivity contribution in [3.63, 3.8) is 0 Å². The van der Waals surface area contributed by atoms with Crippen LogP contribution >= 0.6 is 0 Å². The predicted octanol–water partition coefficient (Wildman–Crippen LogP) is 5.86. The molecular weight excluding hydrogens is 496 g/mol. The van der Waals surface area contributed by atoms with Crippen LogP contribution in [0.4, 0.5) is 20.2 Å². The molecule has 0 radical (unpaired) electrons. The van der Waals surface area contributed by atoms with E-state index in [0.29, 0.717) is 29.7 Å². The van der Waals surface area contributed by atoms with Crippen LogP contribution in [0.15, 0.2) is 78.0 Å². The normalized spacial score (nSPS) is 20.1. The van der Waals surface area contributed by atoms with Crippen LogP contribution in [0.2, 0.25) is 0 Å². The molecule has 7 heteroatoms. The smallest absolute Gasteiger partial charge is 0.239 e. The highest BCUT2D eigenvalue weighted by Gasteiger charge is 2.42. The van der Waals surface area contributed by atoms with E-state index in [1.807, 2.05) is 55.1 Å². The Bertz CT molecular complexity index is 1470. The summed E-state index contributed by atoms with van der Waals surface area (Å²) in [6.45, 7) is 3.99. The maximum Gasteiger partial charge on any atom is 0.239 e. The van der Waals surface area contributed by atoms with Crippen molar-refractivity contribution in [1.82, 2.24) is 5.32 Å². The highest BCUT2D eigenvalue weighted by atomic mass is 19.1. The molecule has 6 rings (SSSR count). The van der Waals surface area contributed by atoms with E-state index in [4.69, 9.17) is 0 Å². The second-order valence-electron chi connectivity index (χ2n) is 11.6. The lowest BCUT2D eigenvalue weighted by atomic mass is 9.73. The topological polar surface area (TPSA) is 61.4 Å². The van der Waals surface area contributed by atoms with Gasteiger partial charge in [0.25, 0.3) is 0 Å². The summed E-state index contributed by atoms with van der Waals surface area (Å²) >= 11 is 0. The van der Waals surface area contributed by atoms with Gasteiger partial charge in [0.1, 0.15) is 11.6 Å². The van der Waals surface area contributed by atoms with E-state index in [1.54, 1.807) is 0 Å². The van der Waals surface area contributed by atoms with Gasteiger partial charge in [0.15, 0.2) is 5.78 Å². The molecule has 3 aromatic carbocycles. The standard InChI is InChI=1S/C32H31F2N3O2/c1-32(2)16-26-30(28(38)17-32)31(21-11-22(33)15-23(34)12-21)37(27-10-6-5-9-25(27)36-26)18-29(39)35-24-13-19-7-3-4-8-20(19)14-24/h3-12,15,24,31,36H,13-14,16-18H2,1-2H3,(H,35,39). The molecule has 2 N–H and O–H groups in total. The molecule has 0 spiro atoms. The van der Waals surface area contributed by atoms with E-state index in [1.165, 1.54) is 23.3 Å². The van der Waals surface area contributed by atoms with Crippen molar-refractivity contribution in [3.8, 4) is 0 Å². The molecule has 3 aromatic rings. The van der Waals surface area contributed by atoms with Gasteiger partial charge in [-0.1, -0.05) is 50.2 Å². The van der Waals surface area contributed by atoms with Gasteiger partial charge in [-0.15, -0.1) is 0 Å². The number of para-hydroxylation sites is 2. The minimum atomic E-state index is -0.837. The van der Waals surface area contributed by atoms with Crippen LogP contribution in [0.25, 0.3) is 0 Å². The van der Waals surface area contributed by atoms with Crippen LogP contribution in [0.5, 0.6) is 0 Å². The quantitative estimate of drug-likeness (QED) is 0.446. The van der Waals surface area contributed by atoms with Crippen molar-refractivity contribution in [2.75, 3.05) is 16.8 Å². The Balaban J connectivity index is 1.42. The molecule has 1 atom stereocenters. The number of anilines is 2. The van der Waals surface area contributed by atoms with Gasteiger partial charge in [0.05, 0.1) is 24.0 Å². The lowest BCUT2D eigenvalue weighted by Crippen LogP contribution is -2.45. The lowest BCUT2D eigenvalue weighted by molar-refractivity contribution is -0.121. The number of fused-ring (bicyclic) bond motifs is 2. The van der Waals surface area contributed by atoms with Crippen LogP contribution in [0.3, 0.4) is 0 Å². The first-order valence-corrected chi connectivity index (χ1v) is 13.4. The number of allylic oxidation sites excluding steroid dienone is 1. The highest BCUT2D eigenvalue weighted by Crippen LogP contribution is 2.48. The van der Waals surface area contributed by atoms with Crippen molar-refractivity contribution >= 4 is 23.1 Å². The Labute approximate surface area is 226 Å². The molecule has 200 valence electrons. The van der Waals surface area contributed by atoms with Crippen LogP contribution in [0.1, 0.15) is 49.4 Å². The third-order valence-electron chi connectivity index (χ3n) is 7.93. The zero-order chi connectivity index (χ0) is 27.3. The van der Waals surface area contributed by atoms with E-state index < -0.39 is 17.7 Å². The summed E-state index contributed by atoms with van der Waals surface area (Å²) in [5.74, 6) is -1.76. The minimum Gasteiger partial charge on any atom is -0.357 e. The van der Waals surface area contributed by atoms with Gasteiger partial charge in [-0.2, -0.15) is 0 Å². The number of halogens is 2. The molecule has 5 nitrogen and oxygen atoms in total. The fraction of sp³-hybridized carbons (Fsp3) is 0.312. The number of rotatable bonds is 4. The number of hydrogen-bond donors (Lipinski definition) is 2. The molecule has 1 amide bonds. The van der Waals surface area contributed by atoms with Gasteiger partial charge in [0.2, 0.25) is 5.91 Å². The number of ketones is 1. The van der Waals surface area contributed by atoms with Gasteiger partial charge >= 0.3 is 0 Å². The molecule has 0 aromatic heterocycles. The first-order chi connectivity index (χ1) is 18.7. The summed E-state index contributed by atoms with van der Waals surface area (Å²) in [7, 11) is 0. The number of hydrogen-bond acceptors (Lipinski definition) is 4. The number of amides is 1. The van der Waals surface area contributed by atoms with Crippen LogP contribution < -0.4 is 15.5 Å². The maximum atomic E-state index is 14.6. The zero-order valence-corrected chi connectivity index (χ0v) is 22.1. The van der Waals surface area contributed by atoms with E-state index in [0.717, 1.165) is 30.3 Å². The van der Waals surface area contributed by atoms with E-state index in [2.05, 4.69) is 22.8 Å². The van der Waals surface area contributed by atoms with Crippen molar-refractivity contribution in [3.05, 3.63) is 106 Å². The Morgan fingerprint density at radius 3 is 2.31 bits per heavy atom. The average Bonchev–Trinajstić information content (AvgIpc) is 3.20. The van der Waals surface area contributed by atoms with Crippen molar-refractivity contribution in [1.29, 1.82) is 0 Å². The number of nitrogens with one attached hydrogen (secondary N) is 2. The molecular formula is C32H31F2N3O2. The summed E-state index contributed by atoms with van der Waals surface area (Å²) in [4.78, 5) is 29.1. The molecule has 1 aliphatic heterocycles. The molecule has 39 heavy (non-hydrogen) atoms. The van der Waals surface area contributed by atoms with Crippen molar-refractivity contribution in [2.24, 2.45) is 5.41 Å². The lowest BCUT2D eigenvalue weighted by Gasteiger charge is -2.38. The zero-order valence-electron chi connectivity index (χ0n) is 22.1. The molecule has 0 saturated carbocycles. The van der Waals surface area contributed by atoms with Crippen LogP contribution in [-0.2, 0) is 22.4 Å². The monoisotopic (exact) mass is 527 g/mol. The molecule has 3 aliphatic rings. The molecule has 0 fully saturated rings. The molecule has 1 heterocycles. The van der Waals surface area contributed by atoms with Crippen LogP contribution in [-0.4, -0.2) is 24.3 Å². The highest BCUT2D eigenvalue weighted by molar-refractivity contribution is 6.01. The van der Waals surface area contributed by atoms with Gasteiger partial charge in [-0.3, -0.25) is 9.59 Å². The molecule has 1 unspecified atom stereocenters.